The van der Waals surface area contributed by atoms with E-state index < -0.39 is 6.55 Å². The summed E-state index contributed by atoms with van der Waals surface area (Å²) in [6.07, 6.45) is 4.16. The summed E-state index contributed by atoms with van der Waals surface area (Å²) in [4.78, 5) is 0. The van der Waals surface area contributed by atoms with E-state index in [1.807, 2.05) is 0 Å². The first-order valence-electron chi connectivity index (χ1n) is 4.22. The molecule has 0 aromatic carbocycles. The minimum atomic E-state index is -2.65. The third-order valence-electron chi connectivity index (χ3n) is 1.99. The van der Waals surface area contributed by atoms with Crippen LogP contribution in [0.4, 0.5) is 14.6 Å². The zero-order valence-corrected chi connectivity index (χ0v) is 7.93. The van der Waals surface area contributed by atoms with Crippen molar-refractivity contribution in [2.45, 2.75) is 13.5 Å². The number of hydrogen-bond donors (Lipinski definition) is 1. The molecule has 2 aromatic heterocycles. The standard InChI is InChI=1S/C8H9F2N5/c1-5-3-14(13-7(5)11)6-2-12-15(4-6)8(9)10/h2-4,8H,1H3,(H2,11,13). The van der Waals surface area contributed by atoms with Crippen LogP contribution >= 0.6 is 0 Å². The van der Waals surface area contributed by atoms with Crippen LogP contribution in [0.2, 0.25) is 0 Å². The first-order valence-corrected chi connectivity index (χ1v) is 4.22. The Morgan fingerprint density at radius 1 is 1.40 bits per heavy atom. The van der Waals surface area contributed by atoms with Crippen molar-refractivity contribution in [3.8, 4) is 5.69 Å². The Morgan fingerprint density at radius 2 is 2.13 bits per heavy atom. The molecule has 0 unspecified atom stereocenters. The summed E-state index contributed by atoms with van der Waals surface area (Å²) in [5.74, 6) is 0.375. The van der Waals surface area contributed by atoms with Gasteiger partial charge in [-0.05, 0) is 6.92 Å². The summed E-state index contributed by atoms with van der Waals surface area (Å²) >= 11 is 0. The van der Waals surface area contributed by atoms with Gasteiger partial charge in [0.05, 0.1) is 12.4 Å². The molecule has 0 aliphatic rings. The number of nitrogen functional groups attached to an aromatic ring is 1. The minimum Gasteiger partial charge on any atom is -0.382 e. The van der Waals surface area contributed by atoms with Crippen molar-refractivity contribution >= 4 is 5.82 Å². The average Bonchev–Trinajstić information content (AvgIpc) is 2.74. The monoisotopic (exact) mass is 213 g/mol. The van der Waals surface area contributed by atoms with Gasteiger partial charge in [0.25, 0.3) is 0 Å². The first-order chi connectivity index (χ1) is 7.08. The first kappa shape index (κ1) is 9.63. The van der Waals surface area contributed by atoms with E-state index in [2.05, 4.69) is 10.2 Å². The van der Waals surface area contributed by atoms with Crippen LogP contribution in [-0.4, -0.2) is 19.6 Å². The maximum absolute atomic E-state index is 12.2. The highest BCUT2D eigenvalue weighted by Gasteiger charge is 2.09. The van der Waals surface area contributed by atoms with Gasteiger partial charge in [-0.1, -0.05) is 0 Å². The molecule has 2 rings (SSSR count). The molecule has 0 saturated heterocycles. The zero-order chi connectivity index (χ0) is 11.0. The lowest BCUT2D eigenvalue weighted by Crippen LogP contribution is -1.98. The molecule has 0 aliphatic heterocycles. The molecule has 0 atom stereocenters. The zero-order valence-electron chi connectivity index (χ0n) is 7.93. The van der Waals surface area contributed by atoms with Crippen molar-refractivity contribution in [3.63, 3.8) is 0 Å². The van der Waals surface area contributed by atoms with Gasteiger partial charge in [0.2, 0.25) is 0 Å². The summed E-state index contributed by atoms with van der Waals surface area (Å²) < 4.78 is 26.4. The Bertz CT molecular complexity index is 454. The predicted octanol–water partition coefficient (Wildman–Crippen LogP) is 1.35. The molecule has 0 saturated carbocycles. The van der Waals surface area contributed by atoms with Gasteiger partial charge in [0, 0.05) is 11.8 Å². The predicted molar refractivity (Wildman–Crippen MR) is 49.8 cm³/mol. The number of nitrogens with zero attached hydrogens (tertiary/aromatic N) is 4. The molecular weight excluding hydrogens is 204 g/mol. The van der Waals surface area contributed by atoms with Crippen molar-refractivity contribution in [1.82, 2.24) is 19.6 Å². The van der Waals surface area contributed by atoms with Crippen molar-refractivity contribution in [2.24, 2.45) is 0 Å². The minimum absolute atomic E-state index is 0.375. The van der Waals surface area contributed by atoms with Gasteiger partial charge in [-0.25, -0.2) is 9.36 Å². The van der Waals surface area contributed by atoms with E-state index in [1.165, 1.54) is 17.1 Å². The van der Waals surface area contributed by atoms with Crippen LogP contribution in [0.1, 0.15) is 12.1 Å². The molecule has 0 aliphatic carbocycles. The molecule has 2 aromatic rings. The van der Waals surface area contributed by atoms with Gasteiger partial charge < -0.3 is 5.73 Å². The highest BCUT2D eigenvalue weighted by atomic mass is 19.3. The molecule has 0 spiro atoms. The summed E-state index contributed by atoms with van der Waals surface area (Å²) in [6.45, 7) is -0.858. The highest BCUT2D eigenvalue weighted by molar-refractivity contribution is 5.39. The van der Waals surface area contributed by atoms with Gasteiger partial charge in [-0.2, -0.15) is 19.0 Å². The highest BCUT2D eigenvalue weighted by Crippen LogP contribution is 2.15. The second-order valence-corrected chi connectivity index (χ2v) is 3.10. The van der Waals surface area contributed by atoms with Crippen LogP contribution in [0.3, 0.4) is 0 Å². The van der Waals surface area contributed by atoms with E-state index >= 15 is 0 Å². The Morgan fingerprint density at radius 3 is 2.60 bits per heavy atom. The van der Waals surface area contributed by atoms with Gasteiger partial charge in [-0.15, -0.1) is 0 Å². The van der Waals surface area contributed by atoms with Crippen molar-refractivity contribution in [2.75, 3.05) is 5.73 Å². The average molecular weight is 213 g/mol. The molecule has 0 bridgehead atoms. The van der Waals surface area contributed by atoms with E-state index in [1.54, 1.807) is 13.1 Å². The molecule has 7 heteroatoms. The van der Waals surface area contributed by atoms with Crippen molar-refractivity contribution in [3.05, 3.63) is 24.2 Å². The van der Waals surface area contributed by atoms with E-state index in [9.17, 15) is 8.78 Å². The smallest absolute Gasteiger partial charge is 0.333 e. The largest absolute Gasteiger partial charge is 0.382 e. The molecule has 0 radical (unpaired) electrons. The summed E-state index contributed by atoms with van der Waals surface area (Å²) in [6, 6.07) is 0. The number of halogens is 2. The fourth-order valence-corrected chi connectivity index (χ4v) is 1.16. The number of aromatic nitrogens is 4. The lowest BCUT2D eigenvalue weighted by Gasteiger charge is -1.96. The van der Waals surface area contributed by atoms with Gasteiger partial charge in [0.15, 0.2) is 0 Å². The number of rotatable bonds is 2. The molecule has 5 nitrogen and oxygen atoms in total. The fourth-order valence-electron chi connectivity index (χ4n) is 1.16. The topological polar surface area (TPSA) is 61.7 Å². The van der Waals surface area contributed by atoms with Crippen LogP contribution in [0.5, 0.6) is 0 Å². The maximum atomic E-state index is 12.2. The molecule has 80 valence electrons. The Kier molecular flexibility index (Phi) is 2.14. The number of hydrogen-bond acceptors (Lipinski definition) is 3. The van der Waals surface area contributed by atoms with Crippen LogP contribution in [-0.2, 0) is 0 Å². The lowest BCUT2D eigenvalue weighted by molar-refractivity contribution is 0.0566. The molecule has 2 heterocycles. The molecule has 0 fully saturated rings. The Balaban J connectivity index is 2.37. The lowest BCUT2D eigenvalue weighted by atomic mass is 10.4. The number of anilines is 1. The summed E-state index contributed by atoms with van der Waals surface area (Å²) in [5, 5.41) is 7.45. The van der Waals surface area contributed by atoms with Crippen LogP contribution in [0.15, 0.2) is 18.6 Å². The van der Waals surface area contributed by atoms with E-state index in [4.69, 9.17) is 5.73 Å². The van der Waals surface area contributed by atoms with Gasteiger partial charge in [0.1, 0.15) is 11.5 Å². The van der Waals surface area contributed by atoms with Gasteiger partial charge in [-0.3, -0.25) is 0 Å². The third kappa shape index (κ3) is 1.67. The normalized spacial score (nSPS) is 11.2. The van der Waals surface area contributed by atoms with E-state index in [-0.39, 0.29) is 0 Å². The molecular formula is C8H9F2N5. The van der Waals surface area contributed by atoms with E-state index in [0.29, 0.717) is 16.2 Å². The SMILES string of the molecule is Cc1cn(-c2cnn(C(F)F)c2)nc1N. The summed E-state index contributed by atoms with van der Waals surface area (Å²) in [5.41, 5.74) is 6.78. The number of nitrogens with two attached hydrogens (primary N) is 1. The number of aryl methyl sites for hydroxylation is 1. The third-order valence-corrected chi connectivity index (χ3v) is 1.99. The Hall–Kier alpha value is -1.92. The van der Waals surface area contributed by atoms with Crippen LogP contribution in [0.25, 0.3) is 5.69 Å². The second kappa shape index (κ2) is 3.34. The molecule has 2 N–H and O–H groups in total. The van der Waals surface area contributed by atoms with Gasteiger partial charge >= 0.3 is 6.55 Å². The van der Waals surface area contributed by atoms with Crippen molar-refractivity contribution in [1.29, 1.82) is 0 Å². The molecule has 0 amide bonds. The fraction of sp³-hybridized carbons (Fsp3) is 0.250. The van der Waals surface area contributed by atoms with Crippen LogP contribution in [0, 0.1) is 6.92 Å². The van der Waals surface area contributed by atoms with Crippen LogP contribution < -0.4 is 5.73 Å². The maximum Gasteiger partial charge on any atom is 0.333 e. The molecule has 15 heavy (non-hydrogen) atoms. The Labute approximate surface area is 84.1 Å². The summed E-state index contributed by atoms with van der Waals surface area (Å²) in [7, 11) is 0. The van der Waals surface area contributed by atoms with Crippen molar-refractivity contribution < 1.29 is 8.78 Å². The second-order valence-electron chi connectivity index (χ2n) is 3.10. The number of alkyl halides is 2. The van der Waals surface area contributed by atoms with E-state index in [0.717, 1.165) is 5.56 Å². The quantitative estimate of drug-likeness (QED) is 0.819.